The highest BCUT2D eigenvalue weighted by Gasteiger charge is 2.19. The van der Waals surface area contributed by atoms with E-state index in [0.29, 0.717) is 0 Å². The summed E-state index contributed by atoms with van der Waals surface area (Å²) in [5.41, 5.74) is 2.75. The average Bonchev–Trinajstić information content (AvgIpc) is 2.29. The van der Waals surface area contributed by atoms with Crippen LogP contribution < -0.4 is 0 Å². The number of hydrogen-bond acceptors (Lipinski definition) is 0. The Morgan fingerprint density at radius 1 is 1.20 bits per heavy atom. The highest BCUT2D eigenvalue weighted by atomic mass is 14.2. The van der Waals surface area contributed by atoms with E-state index < -0.39 is 0 Å². The minimum Gasteiger partial charge on any atom is -0.0985 e. The Morgan fingerprint density at radius 2 is 1.93 bits per heavy atom. The summed E-state index contributed by atoms with van der Waals surface area (Å²) in [7, 11) is 0. The quantitative estimate of drug-likeness (QED) is 0.653. The summed E-state index contributed by atoms with van der Waals surface area (Å²) in [6.07, 6.45) is 7.47. The molecular formula is C15H20. The van der Waals surface area contributed by atoms with E-state index >= 15 is 0 Å². The molecule has 0 radical (unpaired) electrons. The molecule has 1 aliphatic carbocycles. The second kappa shape index (κ2) is 4.65. The van der Waals surface area contributed by atoms with Crippen molar-refractivity contribution in [3.8, 4) is 0 Å². The third kappa shape index (κ3) is 2.50. The Balaban J connectivity index is 2.11. The first-order valence-electron chi connectivity index (χ1n) is 6.02. The maximum absolute atomic E-state index is 3.79. The molecule has 1 fully saturated rings. The summed E-state index contributed by atoms with van der Waals surface area (Å²) in [6.45, 7) is 6.16. The molecule has 80 valence electrons. The highest BCUT2D eigenvalue weighted by molar-refractivity contribution is 5.47. The van der Waals surface area contributed by atoms with Crippen molar-refractivity contribution in [2.75, 3.05) is 0 Å². The summed E-state index contributed by atoms with van der Waals surface area (Å²) in [4.78, 5) is 0. The van der Waals surface area contributed by atoms with Crippen LogP contribution in [0.3, 0.4) is 0 Å². The largest absolute Gasteiger partial charge is 0.0985 e. The minimum atomic E-state index is 0.799. The Morgan fingerprint density at radius 3 is 2.53 bits per heavy atom. The van der Waals surface area contributed by atoms with Crippen LogP contribution in [0.2, 0.25) is 0 Å². The number of hydrogen-bond donors (Lipinski definition) is 0. The lowest BCUT2D eigenvalue weighted by molar-refractivity contribution is 0.344. The van der Waals surface area contributed by atoms with E-state index in [0.717, 1.165) is 11.8 Å². The molecule has 2 atom stereocenters. The second-order valence-corrected chi connectivity index (χ2v) is 4.84. The van der Waals surface area contributed by atoms with Crippen molar-refractivity contribution in [3.05, 3.63) is 42.0 Å². The van der Waals surface area contributed by atoms with Crippen LogP contribution >= 0.6 is 0 Å². The van der Waals surface area contributed by atoms with Crippen LogP contribution in [0.25, 0.3) is 6.08 Å². The fraction of sp³-hybridized carbons (Fsp3) is 0.467. The normalized spacial score (nSPS) is 26.2. The average molecular weight is 200 g/mol. The van der Waals surface area contributed by atoms with Crippen LogP contribution in [-0.4, -0.2) is 0 Å². The highest BCUT2D eigenvalue weighted by Crippen LogP contribution is 2.35. The molecular weight excluding hydrogens is 180 g/mol. The molecule has 15 heavy (non-hydrogen) atoms. The molecule has 0 spiro atoms. The van der Waals surface area contributed by atoms with Gasteiger partial charge in [-0.3, -0.25) is 0 Å². The van der Waals surface area contributed by atoms with Gasteiger partial charge in [-0.05, 0) is 35.8 Å². The second-order valence-electron chi connectivity index (χ2n) is 4.84. The van der Waals surface area contributed by atoms with Crippen molar-refractivity contribution < 1.29 is 0 Å². The lowest BCUT2D eigenvalue weighted by Crippen LogP contribution is -2.11. The SMILES string of the molecule is C=Cc1ccc(C2CCCC(C)C2)cc1. The number of benzene rings is 1. The van der Waals surface area contributed by atoms with Crippen molar-refractivity contribution in [1.82, 2.24) is 0 Å². The molecule has 2 unspecified atom stereocenters. The van der Waals surface area contributed by atoms with Gasteiger partial charge in [0.2, 0.25) is 0 Å². The molecule has 0 N–H and O–H groups in total. The molecule has 0 bridgehead atoms. The van der Waals surface area contributed by atoms with E-state index in [1.165, 1.54) is 36.8 Å². The summed E-state index contributed by atoms with van der Waals surface area (Å²) in [5, 5.41) is 0. The van der Waals surface area contributed by atoms with Gasteiger partial charge >= 0.3 is 0 Å². The fourth-order valence-corrected chi connectivity index (χ4v) is 2.64. The molecule has 0 heteroatoms. The molecule has 1 aromatic rings. The van der Waals surface area contributed by atoms with Gasteiger partial charge in [0.15, 0.2) is 0 Å². The Hall–Kier alpha value is -1.04. The number of rotatable bonds is 2. The molecule has 0 saturated heterocycles. The first-order chi connectivity index (χ1) is 7.29. The summed E-state index contributed by atoms with van der Waals surface area (Å²) < 4.78 is 0. The summed E-state index contributed by atoms with van der Waals surface area (Å²) in [6, 6.07) is 8.92. The molecule has 1 saturated carbocycles. The van der Waals surface area contributed by atoms with E-state index in [1.54, 1.807) is 0 Å². The van der Waals surface area contributed by atoms with Gasteiger partial charge in [-0.25, -0.2) is 0 Å². The zero-order valence-corrected chi connectivity index (χ0v) is 9.58. The van der Waals surface area contributed by atoms with Gasteiger partial charge < -0.3 is 0 Å². The van der Waals surface area contributed by atoms with Gasteiger partial charge in [-0.2, -0.15) is 0 Å². The Bertz CT molecular complexity index is 320. The van der Waals surface area contributed by atoms with Crippen molar-refractivity contribution in [3.63, 3.8) is 0 Å². The van der Waals surface area contributed by atoms with Gasteiger partial charge in [0.05, 0.1) is 0 Å². The van der Waals surface area contributed by atoms with Gasteiger partial charge in [-0.15, -0.1) is 0 Å². The molecule has 0 aliphatic heterocycles. The maximum Gasteiger partial charge on any atom is -0.0159 e. The molecule has 0 nitrogen and oxygen atoms in total. The Labute approximate surface area is 93.0 Å². The predicted octanol–water partition coefficient (Wildman–Crippen LogP) is 4.62. The zero-order chi connectivity index (χ0) is 10.7. The van der Waals surface area contributed by atoms with Gasteiger partial charge in [-0.1, -0.05) is 56.7 Å². The van der Waals surface area contributed by atoms with Crippen molar-refractivity contribution >= 4 is 6.08 Å². The van der Waals surface area contributed by atoms with Gasteiger partial charge in [0.25, 0.3) is 0 Å². The van der Waals surface area contributed by atoms with Crippen molar-refractivity contribution in [2.45, 2.75) is 38.5 Å². The standard InChI is InChI=1S/C15H20/c1-3-13-7-9-14(10-8-13)15-6-4-5-12(2)11-15/h3,7-10,12,15H,1,4-6,11H2,2H3. The van der Waals surface area contributed by atoms with Crippen LogP contribution in [0.15, 0.2) is 30.8 Å². The van der Waals surface area contributed by atoms with Crippen LogP contribution in [0.5, 0.6) is 0 Å². The van der Waals surface area contributed by atoms with Crippen molar-refractivity contribution in [1.29, 1.82) is 0 Å². The van der Waals surface area contributed by atoms with E-state index in [9.17, 15) is 0 Å². The first-order valence-corrected chi connectivity index (χ1v) is 6.02. The van der Waals surface area contributed by atoms with Crippen molar-refractivity contribution in [2.24, 2.45) is 5.92 Å². The minimum absolute atomic E-state index is 0.799. The predicted molar refractivity (Wildman–Crippen MR) is 66.9 cm³/mol. The third-order valence-electron chi connectivity index (χ3n) is 3.58. The van der Waals surface area contributed by atoms with Gasteiger partial charge in [0, 0.05) is 0 Å². The van der Waals surface area contributed by atoms with Crippen LogP contribution in [0.1, 0.15) is 49.7 Å². The molecule has 2 rings (SSSR count). The van der Waals surface area contributed by atoms with Crippen LogP contribution in [-0.2, 0) is 0 Å². The van der Waals surface area contributed by atoms with E-state index in [-0.39, 0.29) is 0 Å². The topological polar surface area (TPSA) is 0 Å². The molecule has 1 aromatic carbocycles. The van der Waals surface area contributed by atoms with E-state index in [1.807, 2.05) is 6.08 Å². The smallest absolute Gasteiger partial charge is 0.0159 e. The lowest BCUT2D eigenvalue weighted by Gasteiger charge is -2.27. The van der Waals surface area contributed by atoms with Crippen LogP contribution in [0, 0.1) is 5.92 Å². The maximum atomic E-state index is 3.79. The third-order valence-corrected chi connectivity index (χ3v) is 3.58. The molecule has 0 heterocycles. The summed E-state index contributed by atoms with van der Waals surface area (Å²) in [5.74, 6) is 1.70. The Kier molecular flexibility index (Phi) is 3.25. The van der Waals surface area contributed by atoms with Crippen LogP contribution in [0.4, 0.5) is 0 Å². The monoisotopic (exact) mass is 200 g/mol. The van der Waals surface area contributed by atoms with E-state index in [4.69, 9.17) is 0 Å². The molecule has 0 aromatic heterocycles. The summed E-state index contributed by atoms with van der Waals surface area (Å²) >= 11 is 0. The fourth-order valence-electron chi connectivity index (χ4n) is 2.64. The zero-order valence-electron chi connectivity index (χ0n) is 9.58. The first kappa shape index (κ1) is 10.5. The molecule has 0 amide bonds. The molecule has 1 aliphatic rings. The van der Waals surface area contributed by atoms with Gasteiger partial charge in [0.1, 0.15) is 0 Å². The lowest BCUT2D eigenvalue weighted by atomic mass is 9.79. The van der Waals surface area contributed by atoms with E-state index in [2.05, 4.69) is 37.8 Å².